The van der Waals surface area contributed by atoms with E-state index < -0.39 is 0 Å². The number of carbonyl (C=O) groups excluding carboxylic acids is 1. The monoisotopic (exact) mass is 606 g/mol. The SMILES string of the molecule is CC(=O)OCC(CBr)(CBr)COCC(CBr)(CBr)CBr. The maximum absolute atomic E-state index is 11.0. The lowest BCUT2D eigenvalue weighted by molar-refractivity contribution is -0.145. The largest absolute Gasteiger partial charge is 0.465 e. The summed E-state index contributed by atoms with van der Waals surface area (Å²) in [6.07, 6.45) is 0. The highest BCUT2D eigenvalue weighted by Gasteiger charge is 2.33. The van der Waals surface area contributed by atoms with Crippen LogP contribution in [0.4, 0.5) is 0 Å². The third-order valence-corrected chi connectivity index (χ3v) is 8.76. The minimum Gasteiger partial charge on any atom is -0.465 e. The van der Waals surface area contributed by atoms with E-state index in [0.29, 0.717) is 30.5 Å². The van der Waals surface area contributed by atoms with Crippen LogP contribution >= 0.6 is 79.6 Å². The van der Waals surface area contributed by atoms with Crippen molar-refractivity contribution < 1.29 is 14.3 Å². The van der Waals surface area contributed by atoms with E-state index in [4.69, 9.17) is 9.47 Å². The van der Waals surface area contributed by atoms with Crippen molar-refractivity contribution in [1.29, 1.82) is 0 Å². The predicted molar refractivity (Wildman–Crippen MR) is 101 cm³/mol. The van der Waals surface area contributed by atoms with Crippen LogP contribution in [0.25, 0.3) is 0 Å². The lowest BCUT2D eigenvalue weighted by Gasteiger charge is -2.32. The Morgan fingerprint density at radius 2 is 1.20 bits per heavy atom. The predicted octanol–water partition coefficient (Wildman–Crippen LogP) is 4.51. The van der Waals surface area contributed by atoms with Gasteiger partial charge in [-0.3, -0.25) is 4.79 Å². The first-order chi connectivity index (χ1) is 9.43. The number of halogens is 5. The van der Waals surface area contributed by atoms with Crippen LogP contribution in [0.1, 0.15) is 6.92 Å². The van der Waals surface area contributed by atoms with Crippen LogP contribution in [0, 0.1) is 10.8 Å². The topological polar surface area (TPSA) is 35.5 Å². The zero-order valence-electron chi connectivity index (χ0n) is 11.3. The van der Waals surface area contributed by atoms with E-state index in [1.54, 1.807) is 0 Å². The molecule has 0 saturated carbocycles. The summed E-state index contributed by atoms with van der Waals surface area (Å²) in [6.45, 7) is 2.89. The third kappa shape index (κ3) is 7.40. The van der Waals surface area contributed by atoms with Crippen LogP contribution in [0.2, 0.25) is 0 Å². The molecule has 0 saturated heterocycles. The summed E-state index contributed by atoms with van der Waals surface area (Å²) in [5, 5.41) is 3.92. The molecule has 0 heterocycles. The number of alkyl halides is 5. The molecule has 0 atom stereocenters. The molecule has 3 nitrogen and oxygen atoms in total. The van der Waals surface area contributed by atoms with Crippen LogP contribution in [0.5, 0.6) is 0 Å². The summed E-state index contributed by atoms with van der Waals surface area (Å²) < 4.78 is 11.1. The molecular weight excluding hydrogens is 592 g/mol. The number of rotatable bonds is 11. The van der Waals surface area contributed by atoms with E-state index in [1.807, 2.05) is 0 Å². The van der Waals surface area contributed by atoms with E-state index in [-0.39, 0.29) is 16.8 Å². The van der Waals surface area contributed by atoms with Crippen molar-refractivity contribution in [2.24, 2.45) is 10.8 Å². The highest BCUT2D eigenvalue weighted by atomic mass is 79.9. The fourth-order valence-electron chi connectivity index (χ4n) is 1.19. The van der Waals surface area contributed by atoms with Crippen molar-refractivity contribution >= 4 is 85.6 Å². The van der Waals surface area contributed by atoms with Crippen LogP contribution in [-0.4, -0.2) is 52.4 Å². The Bertz CT molecular complexity index is 272. The van der Waals surface area contributed by atoms with Gasteiger partial charge < -0.3 is 9.47 Å². The Morgan fingerprint density at radius 3 is 1.55 bits per heavy atom. The molecule has 0 rings (SSSR count). The summed E-state index contributed by atoms with van der Waals surface area (Å²) in [5.41, 5.74) is -0.228. The molecule has 0 fully saturated rings. The highest BCUT2D eigenvalue weighted by molar-refractivity contribution is 9.10. The van der Waals surface area contributed by atoms with Gasteiger partial charge in [-0.25, -0.2) is 0 Å². The molecule has 0 amide bonds. The van der Waals surface area contributed by atoms with Crippen LogP contribution < -0.4 is 0 Å². The zero-order chi connectivity index (χ0) is 15.6. The Labute approximate surface area is 162 Å². The maximum Gasteiger partial charge on any atom is 0.302 e. The normalized spacial score (nSPS) is 12.5. The second-order valence-electron chi connectivity index (χ2n) is 4.94. The first kappa shape index (κ1) is 21.8. The van der Waals surface area contributed by atoms with Crippen molar-refractivity contribution in [2.75, 3.05) is 46.5 Å². The first-order valence-electron chi connectivity index (χ1n) is 5.94. The van der Waals surface area contributed by atoms with Gasteiger partial charge in [0.1, 0.15) is 6.61 Å². The molecule has 8 heteroatoms. The third-order valence-electron chi connectivity index (χ3n) is 2.82. The molecule has 0 aromatic rings. The number of esters is 1. The quantitative estimate of drug-likeness (QED) is 0.255. The van der Waals surface area contributed by atoms with Crippen molar-refractivity contribution in [2.45, 2.75) is 6.92 Å². The molecule has 0 aliphatic carbocycles. The van der Waals surface area contributed by atoms with Crippen molar-refractivity contribution in [3.05, 3.63) is 0 Å². The number of hydrogen-bond acceptors (Lipinski definition) is 3. The van der Waals surface area contributed by atoms with E-state index >= 15 is 0 Å². The molecule has 0 spiro atoms. The fourth-order valence-corrected chi connectivity index (χ4v) is 6.04. The maximum atomic E-state index is 11.0. The standard InChI is InChI=1S/C12H19Br5O3/c1-10(18)20-9-12(5-16,6-17)8-19-7-11(2-13,3-14)4-15/h2-9H2,1H3. The molecule has 0 unspecified atom stereocenters. The summed E-state index contributed by atoms with van der Waals surface area (Å²) in [6, 6.07) is 0. The molecule has 0 aliphatic heterocycles. The Hall–Kier alpha value is 1.83. The summed E-state index contributed by atoms with van der Waals surface area (Å²) in [7, 11) is 0. The molecule has 0 bridgehead atoms. The van der Waals surface area contributed by atoms with E-state index in [0.717, 1.165) is 16.0 Å². The van der Waals surface area contributed by atoms with Gasteiger partial charge in [-0.05, 0) is 0 Å². The molecule has 0 aromatic heterocycles. The molecular formula is C12H19Br5O3. The zero-order valence-corrected chi connectivity index (χ0v) is 19.2. The van der Waals surface area contributed by atoms with E-state index in [9.17, 15) is 4.79 Å². The van der Waals surface area contributed by atoms with Gasteiger partial charge in [-0.2, -0.15) is 0 Å². The van der Waals surface area contributed by atoms with E-state index in [1.165, 1.54) is 6.92 Å². The smallest absolute Gasteiger partial charge is 0.302 e. The molecule has 0 N–H and O–H groups in total. The van der Waals surface area contributed by atoms with Gasteiger partial charge in [0.25, 0.3) is 0 Å². The second-order valence-corrected chi connectivity index (χ2v) is 7.74. The molecule has 0 aliphatic rings. The summed E-state index contributed by atoms with van der Waals surface area (Å²) in [4.78, 5) is 11.0. The second kappa shape index (κ2) is 11.4. The fraction of sp³-hybridized carbons (Fsp3) is 0.917. The average molecular weight is 611 g/mol. The van der Waals surface area contributed by atoms with Gasteiger partial charge in [-0.15, -0.1) is 0 Å². The molecule has 0 aromatic carbocycles. The minimum atomic E-state index is -0.271. The van der Waals surface area contributed by atoms with Crippen molar-refractivity contribution in [3.8, 4) is 0 Å². The molecule has 120 valence electrons. The summed E-state index contributed by atoms with van der Waals surface area (Å²) >= 11 is 17.6. The van der Waals surface area contributed by atoms with Crippen LogP contribution in [-0.2, 0) is 14.3 Å². The Morgan fingerprint density at radius 1 is 0.800 bits per heavy atom. The number of hydrogen-bond donors (Lipinski definition) is 0. The van der Waals surface area contributed by atoms with Gasteiger partial charge in [0.15, 0.2) is 0 Å². The van der Waals surface area contributed by atoms with Gasteiger partial charge in [0.05, 0.1) is 13.2 Å². The van der Waals surface area contributed by atoms with Crippen LogP contribution in [0.3, 0.4) is 0 Å². The lowest BCUT2D eigenvalue weighted by Crippen LogP contribution is -2.40. The first-order valence-corrected chi connectivity index (χ1v) is 11.5. The number of ether oxygens (including phenoxy) is 2. The number of carbonyl (C=O) groups is 1. The molecule has 0 radical (unpaired) electrons. The van der Waals surface area contributed by atoms with E-state index in [2.05, 4.69) is 79.6 Å². The van der Waals surface area contributed by atoms with Crippen molar-refractivity contribution in [1.82, 2.24) is 0 Å². The van der Waals surface area contributed by atoms with Crippen LogP contribution in [0.15, 0.2) is 0 Å². The van der Waals surface area contributed by atoms with Gasteiger partial charge in [-0.1, -0.05) is 79.6 Å². The molecule has 20 heavy (non-hydrogen) atoms. The average Bonchev–Trinajstić information content (AvgIpc) is 2.48. The highest BCUT2D eigenvalue weighted by Crippen LogP contribution is 2.29. The van der Waals surface area contributed by atoms with Gasteiger partial charge in [0, 0.05) is 44.4 Å². The Kier molecular flexibility index (Phi) is 12.4. The lowest BCUT2D eigenvalue weighted by atomic mass is 9.95. The Balaban J connectivity index is 4.50. The van der Waals surface area contributed by atoms with Gasteiger partial charge in [0.2, 0.25) is 0 Å². The van der Waals surface area contributed by atoms with Gasteiger partial charge >= 0.3 is 5.97 Å². The summed E-state index contributed by atoms with van der Waals surface area (Å²) in [5.74, 6) is -0.271. The van der Waals surface area contributed by atoms with Crippen molar-refractivity contribution in [3.63, 3.8) is 0 Å². The minimum absolute atomic E-state index is 0.0196.